The van der Waals surface area contributed by atoms with Gasteiger partial charge in [-0.3, -0.25) is 14.4 Å². The summed E-state index contributed by atoms with van der Waals surface area (Å²) in [4.78, 5) is 52.9. The van der Waals surface area contributed by atoms with Crippen LogP contribution < -0.4 is 16.0 Å². The van der Waals surface area contributed by atoms with Gasteiger partial charge in [0.1, 0.15) is 24.3 Å². The Morgan fingerprint density at radius 2 is 1.27 bits per heavy atom. The molecule has 0 aromatic heterocycles. The van der Waals surface area contributed by atoms with Crippen LogP contribution in [0.2, 0.25) is 0 Å². The van der Waals surface area contributed by atoms with Crippen molar-refractivity contribution in [1.29, 1.82) is 0 Å². The molecule has 1 aliphatic heterocycles. The maximum atomic E-state index is 13.8. The van der Waals surface area contributed by atoms with Gasteiger partial charge in [0.15, 0.2) is 5.78 Å². The first-order valence-corrected chi connectivity index (χ1v) is 15.2. The number of hydrogen-bond acceptors (Lipinski definition) is 6. The number of nitrogens with one attached hydrogen (secondary N) is 3. The molecule has 9 heteroatoms. The summed E-state index contributed by atoms with van der Waals surface area (Å²) < 4.78 is 10.7. The van der Waals surface area contributed by atoms with Crippen molar-refractivity contribution in [1.82, 2.24) is 16.0 Å². The molecule has 0 unspecified atom stereocenters. The lowest BCUT2D eigenvalue weighted by Gasteiger charge is -2.25. The van der Waals surface area contributed by atoms with Gasteiger partial charge in [0.25, 0.3) is 0 Å². The average Bonchev–Trinajstić information content (AvgIpc) is 3.78. The molecular formula is C36H43N3O6. The van der Waals surface area contributed by atoms with Crippen molar-refractivity contribution in [2.45, 2.75) is 83.2 Å². The van der Waals surface area contributed by atoms with Crippen LogP contribution in [-0.4, -0.2) is 54.0 Å². The zero-order chi connectivity index (χ0) is 32.6. The van der Waals surface area contributed by atoms with Gasteiger partial charge in [-0.25, -0.2) is 4.79 Å². The Morgan fingerprint density at radius 3 is 1.82 bits per heavy atom. The number of benzene rings is 3. The van der Waals surface area contributed by atoms with Crippen LogP contribution in [0.1, 0.15) is 56.9 Å². The van der Waals surface area contributed by atoms with Gasteiger partial charge in [0, 0.05) is 6.42 Å². The fraction of sp³-hybridized carbons (Fsp3) is 0.389. The molecule has 0 aliphatic carbocycles. The predicted octanol–water partition coefficient (Wildman–Crippen LogP) is 4.41. The minimum absolute atomic E-state index is 0.0498. The number of alkyl carbamates (subject to hydrolysis) is 1. The van der Waals surface area contributed by atoms with E-state index in [9.17, 15) is 19.2 Å². The van der Waals surface area contributed by atoms with Crippen molar-refractivity contribution in [2.24, 2.45) is 0 Å². The molecule has 0 bridgehead atoms. The topological polar surface area (TPSA) is 126 Å². The zero-order valence-corrected chi connectivity index (χ0v) is 26.6. The van der Waals surface area contributed by atoms with Crippen molar-refractivity contribution in [3.8, 4) is 0 Å². The van der Waals surface area contributed by atoms with Crippen molar-refractivity contribution < 1.29 is 28.7 Å². The molecule has 4 rings (SSSR count). The number of ether oxygens (including phenoxy) is 2. The summed E-state index contributed by atoms with van der Waals surface area (Å²) in [5.41, 5.74) is 2.65. The van der Waals surface area contributed by atoms with Gasteiger partial charge in [-0.1, -0.05) is 106 Å². The number of carbonyl (C=O) groups is 4. The number of Topliss-reactive ketones (excluding diaryl/α,β-unsaturated/α-hetero) is 1. The number of amides is 3. The number of hydrogen-bond donors (Lipinski definition) is 3. The number of epoxide rings is 1. The van der Waals surface area contributed by atoms with Crippen LogP contribution in [0.3, 0.4) is 0 Å². The minimum atomic E-state index is -1.03. The molecule has 4 atom stereocenters. The molecule has 0 saturated carbocycles. The lowest BCUT2D eigenvalue weighted by molar-refractivity contribution is -0.133. The Kier molecular flexibility index (Phi) is 10.8. The maximum Gasteiger partial charge on any atom is 0.408 e. The quantitative estimate of drug-likeness (QED) is 0.245. The van der Waals surface area contributed by atoms with Crippen molar-refractivity contribution in [3.05, 3.63) is 107 Å². The van der Waals surface area contributed by atoms with E-state index in [1.54, 1.807) is 6.92 Å². The molecule has 1 heterocycles. The van der Waals surface area contributed by atoms with Gasteiger partial charge >= 0.3 is 6.09 Å². The highest BCUT2D eigenvalue weighted by Crippen LogP contribution is 2.29. The summed E-state index contributed by atoms with van der Waals surface area (Å²) >= 11 is 0. The van der Waals surface area contributed by atoms with E-state index in [2.05, 4.69) is 36.7 Å². The van der Waals surface area contributed by atoms with E-state index in [1.807, 2.05) is 84.9 Å². The second-order valence-electron chi connectivity index (χ2n) is 12.8. The van der Waals surface area contributed by atoms with Gasteiger partial charge in [-0.05, 0) is 47.9 Å². The van der Waals surface area contributed by atoms with Gasteiger partial charge in [0.05, 0.1) is 12.6 Å². The largest absolute Gasteiger partial charge is 0.445 e. The van der Waals surface area contributed by atoms with Crippen LogP contribution in [-0.2, 0) is 48.7 Å². The molecular weight excluding hydrogens is 570 g/mol. The number of ketones is 1. The van der Waals surface area contributed by atoms with Crippen LogP contribution in [0, 0.1) is 0 Å². The van der Waals surface area contributed by atoms with Gasteiger partial charge in [-0.15, -0.1) is 0 Å². The fourth-order valence-corrected chi connectivity index (χ4v) is 4.84. The summed E-state index contributed by atoms with van der Waals surface area (Å²) in [6, 6.07) is 23.6. The van der Waals surface area contributed by atoms with Crippen molar-refractivity contribution >= 4 is 23.7 Å². The SMILES string of the molecule is C[C@H](NC(=O)OCc1ccccc1)C(=O)N[C@@H](Cc1ccc(C(C)(C)C)cc1)C(=O)N[C@@H](Cc1ccccc1)C(=O)[C@@]1(C)CO1. The lowest BCUT2D eigenvalue weighted by atomic mass is 9.86. The van der Waals surface area contributed by atoms with Crippen LogP contribution in [0.25, 0.3) is 0 Å². The zero-order valence-electron chi connectivity index (χ0n) is 26.6. The fourth-order valence-electron chi connectivity index (χ4n) is 4.84. The Labute approximate surface area is 265 Å². The molecule has 0 spiro atoms. The molecule has 1 fully saturated rings. The first-order chi connectivity index (χ1) is 21.3. The molecule has 0 radical (unpaired) electrons. The summed E-state index contributed by atoms with van der Waals surface area (Å²) in [7, 11) is 0. The summed E-state index contributed by atoms with van der Waals surface area (Å²) in [5, 5.41) is 8.21. The van der Waals surface area contributed by atoms with E-state index >= 15 is 0 Å². The Hall–Kier alpha value is -4.50. The van der Waals surface area contributed by atoms with Crippen molar-refractivity contribution in [2.75, 3.05) is 6.61 Å². The van der Waals surface area contributed by atoms with Gasteiger partial charge < -0.3 is 25.4 Å². The van der Waals surface area contributed by atoms with Gasteiger partial charge in [-0.2, -0.15) is 0 Å². The van der Waals surface area contributed by atoms with Crippen molar-refractivity contribution in [3.63, 3.8) is 0 Å². The lowest BCUT2D eigenvalue weighted by Crippen LogP contribution is -2.57. The smallest absolute Gasteiger partial charge is 0.408 e. The molecule has 238 valence electrons. The highest BCUT2D eigenvalue weighted by atomic mass is 16.6. The van der Waals surface area contributed by atoms with Crippen LogP contribution in [0.4, 0.5) is 4.79 Å². The van der Waals surface area contributed by atoms with E-state index in [1.165, 1.54) is 6.92 Å². The standard InChI is InChI=1S/C36H43N3O6/c1-24(37-34(43)44-22-27-14-10-7-11-15-27)32(41)39-30(21-26-16-18-28(19-17-26)35(2,3)4)33(42)38-29(31(40)36(5)23-45-36)20-25-12-8-6-9-13-25/h6-19,24,29-30H,20-23H2,1-5H3,(H,37,43)(H,38,42)(H,39,41)/t24-,29-,30-,36+/m0/s1. The monoisotopic (exact) mass is 613 g/mol. The molecule has 1 aliphatic rings. The third-order valence-corrected chi connectivity index (χ3v) is 7.85. The normalized spacial score (nSPS) is 17.7. The van der Waals surface area contributed by atoms with E-state index in [0.29, 0.717) is 0 Å². The van der Waals surface area contributed by atoms with Crippen LogP contribution in [0.15, 0.2) is 84.9 Å². The van der Waals surface area contributed by atoms with Crippen LogP contribution in [0.5, 0.6) is 0 Å². The maximum absolute atomic E-state index is 13.8. The third-order valence-electron chi connectivity index (χ3n) is 7.85. The number of rotatable bonds is 13. The Balaban J connectivity index is 1.48. The molecule has 3 aromatic rings. The second kappa shape index (κ2) is 14.5. The molecule has 9 nitrogen and oxygen atoms in total. The molecule has 3 N–H and O–H groups in total. The van der Waals surface area contributed by atoms with E-state index in [-0.39, 0.29) is 37.3 Å². The minimum Gasteiger partial charge on any atom is -0.445 e. The summed E-state index contributed by atoms with van der Waals surface area (Å²) in [5.74, 6) is -1.31. The summed E-state index contributed by atoms with van der Waals surface area (Å²) in [6.07, 6.45) is -0.310. The second-order valence-corrected chi connectivity index (χ2v) is 12.8. The van der Waals surface area contributed by atoms with Gasteiger partial charge in [0.2, 0.25) is 11.8 Å². The molecule has 3 aromatic carbocycles. The Morgan fingerprint density at radius 1 is 0.756 bits per heavy atom. The first kappa shape index (κ1) is 33.4. The first-order valence-electron chi connectivity index (χ1n) is 15.2. The van der Waals surface area contributed by atoms with E-state index in [4.69, 9.17) is 9.47 Å². The Bertz CT molecular complexity index is 1460. The molecule has 45 heavy (non-hydrogen) atoms. The molecule has 1 saturated heterocycles. The van der Waals surface area contributed by atoms with E-state index < -0.39 is 41.6 Å². The van der Waals surface area contributed by atoms with Crippen LogP contribution >= 0.6 is 0 Å². The number of carbonyl (C=O) groups excluding carboxylic acids is 4. The average molecular weight is 614 g/mol. The third kappa shape index (κ3) is 9.74. The highest BCUT2D eigenvalue weighted by Gasteiger charge is 2.50. The van der Waals surface area contributed by atoms with E-state index in [0.717, 1.165) is 22.3 Å². The molecule has 3 amide bonds. The predicted molar refractivity (Wildman–Crippen MR) is 171 cm³/mol. The highest BCUT2D eigenvalue weighted by molar-refractivity contribution is 5.98. The summed E-state index contributed by atoms with van der Waals surface area (Å²) in [6.45, 7) is 9.91.